The first-order chi connectivity index (χ1) is 11.3. The summed E-state index contributed by atoms with van der Waals surface area (Å²) in [6.07, 6.45) is 7.65. The predicted octanol–water partition coefficient (Wildman–Crippen LogP) is 4.67. The smallest absolute Gasteiger partial charge is 0.335 e. The predicted molar refractivity (Wildman–Crippen MR) is 106 cm³/mol. The Hall–Kier alpha value is -1.36. The average Bonchev–Trinajstić information content (AvgIpc) is 2.57. The van der Waals surface area contributed by atoms with Gasteiger partial charge in [0.2, 0.25) is 0 Å². The first kappa shape index (κ1) is 20.7. The van der Waals surface area contributed by atoms with Gasteiger partial charge in [0.1, 0.15) is 0 Å². The van der Waals surface area contributed by atoms with Crippen molar-refractivity contribution in [2.45, 2.75) is 18.7 Å². The highest BCUT2D eigenvalue weighted by molar-refractivity contribution is 8.45. The Labute approximate surface area is 151 Å². The van der Waals surface area contributed by atoms with Crippen LogP contribution in [0.25, 0.3) is 0 Å². The molecule has 2 unspecified atom stereocenters. The highest BCUT2D eigenvalue weighted by Gasteiger charge is 2.16. The maximum absolute atomic E-state index is 12.7. The lowest BCUT2D eigenvalue weighted by Gasteiger charge is -2.16. The zero-order chi connectivity index (χ0) is 18.3. The number of nitrogens with one attached hydrogen (secondary N) is 1. The lowest BCUT2D eigenvalue weighted by molar-refractivity contribution is 0.0696. The van der Waals surface area contributed by atoms with Gasteiger partial charge in [-0.25, -0.2) is 9.00 Å². The number of hydrogen-bond acceptors (Lipinski definition) is 4. The van der Waals surface area contributed by atoms with Gasteiger partial charge < -0.3 is 10.2 Å². The van der Waals surface area contributed by atoms with E-state index in [0.717, 1.165) is 10.6 Å². The summed E-state index contributed by atoms with van der Waals surface area (Å²) in [5.41, 5.74) is 1.70. The van der Waals surface area contributed by atoms with E-state index >= 15 is 0 Å². The standard InChI is InChI=1S/C17H22NO3PS2/c1-6-14(9-8-13(3)23-5)18-22(4)24(21)15-10-7-12(2)16(11-15)17(19)20/h6-11,18H,3H2,1-2,4-5H3,(H,19,20)/b9-8+,14-6+. The zero-order valence-electron chi connectivity index (χ0n) is 14.2. The number of allylic oxidation sites excluding steroid dienone is 3. The number of aryl methyl sites for hydroxylation is 1. The van der Waals surface area contributed by atoms with Gasteiger partial charge in [0.05, 0.1) is 23.3 Å². The molecule has 0 aliphatic heterocycles. The summed E-state index contributed by atoms with van der Waals surface area (Å²) in [6.45, 7) is 9.38. The van der Waals surface area contributed by atoms with Crippen LogP contribution < -0.4 is 5.09 Å². The van der Waals surface area contributed by atoms with Gasteiger partial charge in [-0.3, -0.25) is 0 Å². The molecule has 0 fully saturated rings. The van der Waals surface area contributed by atoms with Crippen LogP contribution in [0, 0.1) is 6.92 Å². The fourth-order valence-corrected chi connectivity index (χ4v) is 5.20. The van der Waals surface area contributed by atoms with E-state index in [1.165, 1.54) is 6.07 Å². The maximum Gasteiger partial charge on any atom is 0.335 e. The summed E-state index contributed by atoms with van der Waals surface area (Å²) < 4.78 is 12.7. The third kappa shape index (κ3) is 5.93. The van der Waals surface area contributed by atoms with Crippen molar-refractivity contribution in [2.24, 2.45) is 0 Å². The van der Waals surface area contributed by atoms with E-state index in [0.29, 0.717) is 10.5 Å². The number of thioether (sulfide) groups is 1. The van der Waals surface area contributed by atoms with Crippen LogP contribution in [-0.2, 0) is 10.4 Å². The second-order valence-corrected chi connectivity index (χ2v) is 10.6. The highest BCUT2D eigenvalue weighted by Crippen LogP contribution is 2.37. The molecule has 0 aliphatic rings. The van der Waals surface area contributed by atoms with Crippen LogP contribution in [0.15, 0.2) is 58.5 Å². The monoisotopic (exact) mass is 383 g/mol. The summed E-state index contributed by atoms with van der Waals surface area (Å²) in [7, 11) is -2.38. The Morgan fingerprint density at radius 2 is 2.08 bits per heavy atom. The van der Waals surface area contributed by atoms with Gasteiger partial charge in [-0.15, -0.1) is 11.8 Å². The van der Waals surface area contributed by atoms with Crippen LogP contribution in [0.2, 0.25) is 0 Å². The molecule has 7 heteroatoms. The van der Waals surface area contributed by atoms with Crippen molar-refractivity contribution in [1.82, 2.24) is 5.09 Å². The Bertz CT molecular complexity index is 714. The maximum atomic E-state index is 12.7. The highest BCUT2D eigenvalue weighted by atomic mass is 32.7. The topological polar surface area (TPSA) is 66.4 Å². The number of carbonyl (C=O) groups is 1. The van der Waals surface area contributed by atoms with Crippen LogP contribution in [0.4, 0.5) is 0 Å². The second kappa shape index (κ2) is 9.82. The normalized spacial score (nSPS) is 14.4. The molecule has 130 valence electrons. The summed E-state index contributed by atoms with van der Waals surface area (Å²) in [4.78, 5) is 12.7. The largest absolute Gasteiger partial charge is 0.478 e. The SMILES string of the molecule is C=C(/C=C/C(=C\C)NP(C)S(=O)c1ccc(C)c(C(=O)O)c1)SC. The van der Waals surface area contributed by atoms with Crippen LogP contribution in [0.5, 0.6) is 0 Å². The van der Waals surface area contributed by atoms with Gasteiger partial charge in [0.15, 0.2) is 0 Å². The summed E-state index contributed by atoms with van der Waals surface area (Å²) >= 11 is 1.56. The number of aromatic carboxylic acids is 1. The van der Waals surface area contributed by atoms with Crippen LogP contribution in [-0.4, -0.2) is 28.2 Å². The minimum atomic E-state index is -1.31. The third-order valence-electron chi connectivity index (χ3n) is 3.20. The molecule has 0 radical (unpaired) electrons. The first-order valence-electron chi connectivity index (χ1n) is 7.13. The Morgan fingerprint density at radius 1 is 1.42 bits per heavy atom. The van der Waals surface area contributed by atoms with Crippen LogP contribution in [0.1, 0.15) is 22.8 Å². The summed E-state index contributed by atoms with van der Waals surface area (Å²) in [6, 6.07) is 4.91. The molecule has 0 heterocycles. The van der Waals surface area contributed by atoms with E-state index in [-0.39, 0.29) is 5.56 Å². The number of benzene rings is 1. The van der Waals surface area contributed by atoms with Gasteiger partial charge in [0.25, 0.3) is 0 Å². The van der Waals surface area contributed by atoms with Gasteiger partial charge in [0, 0.05) is 10.6 Å². The van der Waals surface area contributed by atoms with Crippen molar-refractivity contribution < 1.29 is 14.1 Å². The summed E-state index contributed by atoms with van der Waals surface area (Å²) in [5.74, 6) is -1.01. The molecule has 24 heavy (non-hydrogen) atoms. The van der Waals surface area contributed by atoms with Gasteiger partial charge in [-0.1, -0.05) is 18.7 Å². The molecular formula is C17H22NO3PS2. The Kier molecular flexibility index (Phi) is 8.46. The Morgan fingerprint density at radius 3 is 2.62 bits per heavy atom. The molecule has 2 atom stereocenters. The molecule has 0 amide bonds. The number of carboxylic acids is 1. The van der Waals surface area contributed by atoms with Crippen molar-refractivity contribution in [1.29, 1.82) is 0 Å². The molecular weight excluding hydrogens is 361 g/mol. The summed E-state index contributed by atoms with van der Waals surface area (Å²) in [5, 5.41) is 12.5. The third-order valence-corrected chi connectivity index (χ3v) is 7.99. The number of carboxylic acid groups (broad SMARTS) is 1. The fraction of sp³-hybridized carbons (Fsp3) is 0.235. The minimum Gasteiger partial charge on any atom is -0.478 e. The van der Waals surface area contributed by atoms with E-state index < -0.39 is 23.7 Å². The van der Waals surface area contributed by atoms with Crippen molar-refractivity contribution in [3.63, 3.8) is 0 Å². The lowest BCUT2D eigenvalue weighted by Crippen LogP contribution is -2.08. The number of hydrogen-bond donors (Lipinski definition) is 2. The van der Waals surface area contributed by atoms with Crippen LogP contribution in [0.3, 0.4) is 0 Å². The van der Waals surface area contributed by atoms with Gasteiger partial charge in [-0.05, 0) is 61.5 Å². The number of rotatable bonds is 8. The second-order valence-electron chi connectivity index (χ2n) is 4.89. The zero-order valence-corrected chi connectivity index (χ0v) is 16.7. The van der Waals surface area contributed by atoms with Crippen molar-refractivity contribution in [3.05, 3.63) is 64.7 Å². The van der Waals surface area contributed by atoms with E-state index in [1.54, 1.807) is 30.8 Å². The molecule has 0 aromatic heterocycles. The molecule has 0 aliphatic carbocycles. The van der Waals surface area contributed by atoms with E-state index in [2.05, 4.69) is 11.7 Å². The van der Waals surface area contributed by atoms with E-state index in [4.69, 9.17) is 0 Å². The van der Waals surface area contributed by atoms with E-state index in [9.17, 15) is 14.1 Å². The molecule has 0 spiro atoms. The van der Waals surface area contributed by atoms with Crippen LogP contribution >= 0.6 is 19.0 Å². The quantitative estimate of drug-likeness (QED) is 0.504. The average molecular weight is 383 g/mol. The molecule has 0 bridgehead atoms. The molecule has 1 rings (SSSR count). The molecule has 2 N–H and O–H groups in total. The molecule has 1 aromatic carbocycles. The fourth-order valence-electron chi connectivity index (χ4n) is 1.77. The molecule has 4 nitrogen and oxygen atoms in total. The molecule has 0 saturated carbocycles. The lowest BCUT2D eigenvalue weighted by atomic mass is 10.1. The van der Waals surface area contributed by atoms with Crippen molar-refractivity contribution in [2.75, 3.05) is 12.9 Å². The van der Waals surface area contributed by atoms with E-state index in [1.807, 2.05) is 38.1 Å². The first-order valence-corrected chi connectivity index (χ1v) is 11.9. The van der Waals surface area contributed by atoms with Crippen molar-refractivity contribution in [3.8, 4) is 0 Å². The van der Waals surface area contributed by atoms with Gasteiger partial charge in [-0.2, -0.15) is 0 Å². The van der Waals surface area contributed by atoms with Gasteiger partial charge >= 0.3 is 5.97 Å². The Balaban J connectivity index is 2.91. The minimum absolute atomic E-state index is 0.187. The molecule has 0 saturated heterocycles. The molecule has 1 aromatic rings. The van der Waals surface area contributed by atoms with Crippen molar-refractivity contribution >= 4 is 35.4 Å².